The van der Waals surface area contributed by atoms with E-state index in [9.17, 15) is 0 Å². The van der Waals surface area contributed by atoms with Crippen LogP contribution >= 0.6 is 0 Å². The first-order valence-corrected chi connectivity index (χ1v) is 8.99. The first kappa shape index (κ1) is 15.0. The Bertz CT molecular complexity index is 981. The van der Waals surface area contributed by atoms with Gasteiger partial charge in [-0.15, -0.1) is 0 Å². The summed E-state index contributed by atoms with van der Waals surface area (Å²) in [5, 5.41) is 0. The van der Waals surface area contributed by atoms with Crippen molar-refractivity contribution in [2.45, 2.75) is 12.8 Å². The minimum atomic E-state index is 0.992. The van der Waals surface area contributed by atoms with Gasteiger partial charge < -0.3 is 0 Å². The van der Waals surface area contributed by atoms with E-state index in [4.69, 9.17) is 9.97 Å². The lowest BCUT2D eigenvalue weighted by Gasteiger charge is -2.23. The number of benzene rings is 2. The van der Waals surface area contributed by atoms with Crippen molar-refractivity contribution in [3.8, 4) is 33.6 Å². The molecule has 0 unspecified atom stereocenters. The van der Waals surface area contributed by atoms with Gasteiger partial charge in [-0.05, 0) is 58.4 Å². The number of aromatic nitrogens is 2. The maximum atomic E-state index is 4.72. The predicted octanol–water partition coefficient (Wildman–Crippen LogP) is 5.58. The van der Waals surface area contributed by atoms with Gasteiger partial charge in [0.1, 0.15) is 0 Å². The molecule has 2 nitrogen and oxygen atoms in total. The highest BCUT2D eigenvalue weighted by atomic mass is 14.8. The molecule has 2 aromatic heterocycles. The van der Waals surface area contributed by atoms with Crippen molar-refractivity contribution in [2.24, 2.45) is 0 Å². The van der Waals surface area contributed by atoms with Crippen LogP contribution in [0.15, 0.2) is 85.2 Å². The molecule has 0 fully saturated rings. The Labute approximate surface area is 153 Å². The molecule has 2 heteroatoms. The lowest BCUT2D eigenvalue weighted by molar-refractivity contribution is 0.916. The van der Waals surface area contributed by atoms with E-state index in [0.29, 0.717) is 0 Å². The lowest BCUT2D eigenvalue weighted by atomic mass is 9.84. The van der Waals surface area contributed by atoms with Gasteiger partial charge in [-0.1, -0.05) is 60.7 Å². The summed E-state index contributed by atoms with van der Waals surface area (Å²) < 4.78 is 0. The molecule has 124 valence electrons. The van der Waals surface area contributed by atoms with Gasteiger partial charge in [-0.3, -0.25) is 9.97 Å². The van der Waals surface area contributed by atoms with Gasteiger partial charge in [0, 0.05) is 12.4 Å². The molecular formula is C24H18N2. The molecule has 2 heterocycles. The van der Waals surface area contributed by atoms with Crippen LogP contribution in [-0.2, 0) is 12.8 Å². The molecule has 0 saturated carbocycles. The minimum Gasteiger partial charge on any atom is -0.254 e. The molecule has 0 aliphatic heterocycles. The van der Waals surface area contributed by atoms with E-state index in [2.05, 4.69) is 72.8 Å². The third kappa shape index (κ3) is 2.42. The van der Waals surface area contributed by atoms with E-state index in [1.165, 1.54) is 33.4 Å². The molecule has 1 aliphatic carbocycles. The van der Waals surface area contributed by atoms with Crippen LogP contribution in [0, 0.1) is 0 Å². The number of hydrogen-bond acceptors (Lipinski definition) is 2. The zero-order chi connectivity index (χ0) is 17.3. The maximum absolute atomic E-state index is 4.72. The fourth-order valence-electron chi connectivity index (χ4n) is 3.93. The second kappa shape index (κ2) is 6.23. The van der Waals surface area contributed by atoms with Gasteiger partial charge >= 0.3 is 0 Å². The molecule has 0 atom stereocenters. The Kier molecular flexibility index (Phi) is 3.60. The smallest absolute Gasteiger partial charge is 0.0927 e. The summed E-state index contributed by atoms with van der Waals surface area (Å²) in [6.07, 6.45) is 5.80. The van der Waals surface area contributed by atoms with Crippen molar-refractivity contribution >= 4 is 0 Å². The first-order valence-electron chi connectivity index (χ1n) is 8.99. The van der Waals surface area contributed by atoms with Crippen molar-refractivity contribution in [3.63, 3.8) is 0 Å². The van der Waals surface area contributed by atoms with Gasteiger partial charge in [-0.25, -0.2) is 0 Å². The van der Waals surface area contributed by atoms with Crippen LogP contribution < -0.4 is 0 Å². The highest BCUT2D eigenvalue weighted by Crippen LogP contribution is 2.39. The van der Waals surface area contributed by atoms with Crippen molar-refractivity contribution in [2.75, 3.05) is 0 Å². The molecule has 0 spiro atoms. The van der Waals surface area contributed by atoms with Gasteiger partial charge in [0.05, 0.1) is 11.4 Å². The Balaban J connectivity index is 1.70. The van der Waals surface area contributed by atoms with Crippen molar-refractivity contribution in [3.05, 3.63) is 96.3 Å². The maximum Gasteiger partial charge on any atom is 0.0927 e. The Morgan fingerprint density at radius 2 is 0.923 bits per heavy atom. The number of fused-ring (bicyclic) bond motifs is 3. The summed E-state index contributed by atoms with van der Waals surface area (Å²) in [6.45, 7) is 0. The predicted molar refractivity (Wildman–Crippen MR) is 106 cm³/mol. The Morgan fingerprint density at radius 1 is 0.500 bits per heavy atom. The van der Waals surface area contributed by atoms with E-state index in [1.807, 2.05) is 12.4 Å². The topological polar surface area (TPSA) is 25.8 Å². The third-order valence-electron chi connectivity index (χ3n) is 5.13. The lowest BCUT2D eigenvalue weighted by Crippen LogP contribution is -2.10. The molecule has 4 aromatic rings. The number of rotatable bonds is 2. The minimum absolute atomic E-state index is 0.992. The molecule has 0 N–H and O–H groups in total. The van der Waals surface area contributed by atoms with E-state index in [0.717, 1.165) is 24.2 Å². The summed E-state index contributed by atoms with van der Waals surface area (Å²) in [5.41, 5.74) is 9.72. The highest BCUT2D eigenvalue weighted by Gasteiger charge is 2.23. The van der Waals surface area contributed by atoms with E-state index >= 15 is 0 Å². The molecule has 5 rings (SSSR count). The first-order chi connectivity index (χ1) is 12.9. The van der Waals surface area contributed by atoms with Crippen molar-refractivity contribution in [1.29, 1.82) is 0 Å². The average Bonchev–Trinajstić information content (AvgIpc) is 2.74. The van der Waals surface area contributed by atoms with Gasteiger partial charge in [-0.2, -0.15) is 0 Å². The van der Waals surface area contributed by atoms with Crippen LogP contribution in [0.5, 0.6) is 0 Å². The van der Waals surface area contributed by atoms with Crippen LogP contribution in [0.3, 0.4) is 0 Å². The SMILES string of the molecule is c1ccc(-c2ccnc3c2CCc2c(-c4ccccc4)ccnc2-3)cc1. The summed E-state index contributed by atoms with van der Waals surface area (Å²) in [7, 11) is 0. The molecular weight excluding hydrogens is 316 g/mol. The van der Waals surface area contributed by atoms with Crippen LogP contribution in [0.2, 0.25) is 0 Å². The highest BCUT2D eigenvalue weighted by molar-refractivity contribution is 5.81. The van der Waals surface area contributed by atoms with Crippen LogP contribution in [0.4, 0.5) is 0 Å². The second-order valence-corrected chi connectivity index (χ2v) is 6.60. The van der Waals surface area contributed by atoms with Crippen molar-refractivity contribution < 1.29 is 0 Å². The Morgan fingerprint density at radius 3 is 1.35 bits per heavy atom. The van der Waals surface area contributed by atoms with E-state index in [-0.39, 0.29) is 0 Å². The molecule has 0 bridgehead atoms. The fraction of sp³-hybridized carbons (Fsp3) is 0.0833. The van der Waals surface area contributed by atoms with Crippen molar-refractivity contribution in [1.82, 2.24) is 9.97 Å². The zero-order valence-corrected chi connectivity index (χ0v) is 14.4. The zero-order valence-electron chi connectivity index (χ0n) is 14.4. The van der Waals surface area contributed by atoms with E-state index < -0.39 is 0 Å². The molecule has 0 saturated heterocycles. The Hall–Kier alpha value is -3.26. The molecule has 2 aromatic carbocycles. The molecule has 0 amide bonds. The standard InChI is InChI=1S/C24H18N2/c1-3-7-17(8-4-1)19-13-15-25-23-21(19)11-12-22-20(14-16-26-24(22)23)18-9-5-2-6-10-18/h1-10,13-16H,11-12H2. The number of hydrogen-bond donors (Lipinski definition) is 0. The van der Waals surface area contributed by atoms with Crippen LogP contribution in [0.1, 0.15) is 11.1 Å². The van der Waals surface area contributed by atoms with E-state index in [1.54, 1.807) is 0 Å². The summed E-state index contributed by atoms with van der Waals surface area (Å²) in [4.78, 5) is 9.44. The molecule has 26 heavy (non-hydrogen) atoms. The monoisotopic (exact) mass is 334 g/mol. The van der Waals surface area contributed by atoms with Crippen LogP contribution in [0.25, 0.3) is 33.6 Å². The van der Waals surface area contributed by atoms with Gasteiger partial charge in [0.25, 0.3) is 0 Å². The largest absolute Gasteiger partial charge is 0.254 e. The number of pyridine rings is 2. The summed E-state index contributed by atoms with van der Waals surface area (Å²) >= 11 is 0. The quantitative estimate of drug-likeness (QED) is 0.478. The second-order valence-electron chi connectivity index (χ2n) is 6.60. The normalized spacial score (nSPS) is 12.3. The molecule has 0 radical (unpaired) electrons. The van der Waals surface area contributed by atoms with Crippen LogP contribution in [-0.4, -0.2) is 9.97 Å². The number of nitrogens with zero attached hydrogens (tertiary/aromatic N) is 2. The molecule has 1 aliphatic rings. The third-order valence-corrected chi connectivity index (χ3v) is 5.13. The van der Waals surface area contributed by atoms with Gasteiger partial charge in [0.2, 0.25) is 0 Å². The summed E-state index contributed by atoms with van der Waals surface area (Å²) in [5.74, 6) is 0. The fourth-order valence-corrected chi connectivity index (χ4v) is 3.93. The average molecular weight is 334 g/mol. The van der Waals surface area contributed by atoms with Gasteiger partial charge in [0.15, 0.2) is 0 Å². The summed E-state index contributed by atoms with van der Waals surface area (Å²) in [6, 6.07) is 25.4.